The second-order valence-corrected chi connectivity index (χ2v) is 15.4. The van der Waals surface area contributed by atoms with Crippen LogP contribution in [0.3, 0.4) is 0 Å². The van der Waals surface area contributed by atoms with Crippen molar-refractivity contribution in [3.05, 3.63) is 23.3 Å². The average molecular weight is 511 g/mol. The SMILES string of the molecule is COC(=O)[C@]12CCC(C)(C)C[C@H]1C1=CC=C3[C@@]4(C)CC[C@H](OC(C)=O)C(C)(C)[C@@H]4CC[C@@]3(C)[C@]1(C)CC2. The highest BCUT2D eigenvalue weighted by atomic mass is 16.5. The van der Waals surface area contributed by atoms with Crippen LogP contribution in [-0.4, -0.2) is 25.2 Å². The summed E-state index contributed by atoms with van der Waals surface area (Å²) in [5.41, 5.74) is 3.11. The largest absolute Gasteiger partial charge is 0.469 e. The van der Waals surface area contributed by atoms with Crippen molar-refractivity contribution < 1.29 is 19.1 Å². The van der Waals surface area contributed by atoms with Gasteiger partial charge in [0.2, 0.25) is 0 Å². The molecule has 0 saturated heterocycles. The van der Waals surface area contributed by atoms with Gasteiger partial charge in [-0.3, -0.25) is 9.59 Å². The minimum Gasteiger partial charge on any atom is -0.469 e. The lowest BCUT2D eigenvalue weighted by atomic mass is 9.36. The Morgan fingerprint density at radius 1 is 0.838 bits per heavy atom. The first-order valence-corrected chi connectivity index (χ1v) is 14.8. The smallest absolute Gasteiger partial charge is 0.312 e. The van der Waals surface area contributed by atoms with Gasteiger partial charge in [0.15, 0.2) is 0 Å². The molecular weight excluding hydrogens is 460 g/mol. The van der Waals surface area contributed by atoms with Gasteiger partial charge in [0.1, 0.15) is 6.10 Å². The highest BCUT2D eigenvalue weighted by Gasteiger charge is 2.67. The number of carbonyl (C=O) groups excluding carboxylic acids is 2. The molecule has 206 valence electrons. The van der Waals surface area contributed by atoms with Crippen LogP contribution in [-0.2, 0) is 19.1 Å². The van der Waals surface area contributed by atoms with Crippen molar-refractivity contribution in [3.8, 4) is 0 Å². The van der Waals surface area contributed by atoms with E-state index >= 15 is 0 Å². The number of ether oxygens (including phenoxy) is 2. The van der Waals surface area contributed by atoms with Crippen LogP contribution in [0.25, 0.3) is 0 Å². The average Bonchev–Trinajstić information content (AvgIpc) is 2.80. The molecule has 0 bridgehead atoms. The van der Waals surface area contributed by atoms with Crippen LogP contribution in [0.2, 0.25) is 0 Å². The third kappa shape index (κ3) is 3.52. The molecule has 4 saturated carbocycles. The first-order valence-electron chi connectivity index (χ1n) is 14.8. The van der Waals surface area contributed by atoms with Crippen molar-refractivity contribution >= 4 is 11.9 Å². The maximum Gasteiger partial charge on any atom is 0.312 e. The maximum atomic E-state index is 13.4. The molecule has 0 amide bonds. The van der Waals surface area contributed by atoms with E-state index in [0.29, 0.717) is 5.92 Å². The summed E-state index contributed by atoms with van der Waals surface area (Å²) in [6, 6.07) is 0. The molecule has 5 aliphatic rings. The van der Waals surface area contributed by atoms with Crippen molar-refractivity contribution in [1.29, 1.82) is 0 Å². The maximum absolute atomic E-state index is 13.4. The monoisotopic (exact) mass is 510 g/mol. The Balaban J connectivity index is 1.60. The van der Waals surface area contributed by atoms with Crippen molar-refractivity contribution in [2.75, 3.05) is 7.11 Å². The molecule has 0 radical (unpaired) electrons. The number of methoxy groups -OCH3 is 1. The Morgan fingerprint density at radius 2 is 1.51 bits per heavy atom. The Morgan fingerprint density at radius 3 is 2.16 bits per heavy atom. The number of fused-ring (bicyclic) bond motifs is 7. The molecule has 5 aliphatic carbocycles. The fourth-order valence-electron chi connectivity index (χ4n) is 10.5. The lowest BCUT2D eigenvalue weighted by Crippen LogP contribution is -2.62. The number of hydrogen-bond acceptors (Lipinski definition) is 4. The van der Waals surface area contributed by atoms with Crippen LogP contribution in [0.15, 0.2) is 23.3 Å². The molecule has 5 rings (SSSR count). The summed E-state index contributed by atoms with van der Waals surface area (Å²) >= 11 is 0. The molecule has 0 spiro atoms. The molecule has 7 atom stereocenters. The number of carbonyl (C=O) groups is 2. The zero-order valence-electron chi connectivity index (χ0n) is 24.9. The molecule has 0 aliphatic heterocycles. The third-order valence-electron chi connectivity index (χ3n) is 12.9. The topological polar surface area (TPSA) is 52.6 Å². The van der Waals surface area contributed by atoms with E-state index < -0.39 is 0 Å². The molecule has 0 N–H and O–H groups in total. The number of allylic oxidation sites excluding steroid dienone is 4. The second-order valence-electron chi connectivity index (χ2n) is 15.4. The number of rotatable bonds is 2. The van der Waals surface area contributed by atoms with E-state index in [1.807, 2.05) is 0 Å². The molecule has 0 aromatic carbocycles. The fraction of sp³-hybridized carbons (Fsp3) is 0.818. The lowest BCUT2D eigenvalue weighted by molar-refractivity contribution is -0.174. The van der Waals surface area contributed by atoms with Gasteiger partial charge in [-0.2, -0.15) is 0 Å². The Kier molecular flexibility index (Phi) is 5.99. The summed E-state index contributed by atoms with van der Waals surface area (Å²) < 4.78 is 11.4. The molecule has 0 aromatic rings. The van der Waals surface area contributed by atoms with Gasteiger partial charge in [0, 0.05) is 12.3 Å². The van der Waals surface area contributed by atoms with Crippen molar-refractivity contribution in [2.45, 2.75) is 119 Å². The highest BCUT2D eigenvalue weighted by molar-refractivity contribution is 5.78. The van der Waals surface area contributed by atoms with E-state index in [9.17, 15) is 9.59 Å². The van der Waals surface area contributed by atoms with Gasteiger partial charge >= 0.3 is 11.9 Å². The molecule has 0 heterocycles. The Hall–Kier alpha value is -1.58. The zero-order valence-corrected chi connectivity index (χ0v) is 24.9. The summed E-state index contributed by atoms with van der Waals surface area (Å²) in [5, 5.41) is 0. The van der Waals surface area contributed by atoms with Crippen LogP contribution in [0.5, 0.6) is 0 Å². The van der Waals surface area contributed by atoms with Crippen molar-refractivity contribution in [1.82, 2.24) is 0 Å². The first kappa shape index (κ1) is 27.0. The first-order chi connectivity index (χ1) is 17.1. The molecule has 0 aromatic heterocycles. The molecule has 37 heavy (non-hydrogen) atoms. The molecule has 4 heteroatoms. The van der Waals surface area contributed by atoms with E-state index in [-0.39, 0.29) is 56.5 Å². The summed E-state index contributed by atoms with van der Waals surface area (Å²) in [6.45, 7) is 18.5. The summed E-state index contributed by atoms with van der Waals surface area (Å²) in [5.74, 6) is 0.573. The zero-order chi connectivity index (χ0) is 27.2. The fourth-order valence-corrected chi connectivity index (χ4v) is 10.5. The van der Waals surface area contributed by atoms with Crippen LogP contribution in [0.4, 0.5) is 0 Å². The van der Waals surface area contributed by atoms with E-state index in [0.717, 1.165) is 57.8 Å². The van der Waals surface area contributed by atoms with Gasteiger partial charge in [-0.15, -0.1) is 0 Å². The van der Waals surface area contributed by atoms with Crippen LogP contribution < -0.4 is 0 Å². The van der Waals surface area contributed by atoms with Gasteiger partial charge in [-0.25, -0.2) is 0 Å². The van der Waals surface area contributed by atoms with E-state index in [2.05, 4.69) is 60.6 Å². The highest BCUT2D eigenvalue weighted by Crippen LogP contribution is 2.74. The number of esters is 2. The van der Waals surface area contributed by atoms with Gasteiger partial charge < -0.3 is 9.47 Å². The standard InChI is InChI=1S/C33H50O4/c1-21(34)37-26-13-14-30(6)24(29(26,4)5)12-15-32(8)25(30)11-10-22-23-20-28(2,3)16-18-33(23,27(35)36-9)19-17-31(22,32)7/h10-11,23-24,26H,12-20H2,1-9H3/t23-,24-,26-,30-,31+,32+,33-/m0/s1. The molecule has 0 unspecified atom stereocenters. The second kappa shape index (κ2) is 8.21. The lowest BCUT2D eigenvalue weighted by Gasteiger charge is -2.68. The number of hydrogen-bond donors (Lipinski definition) is 0. The van der Waals surface area contributed by atoms with Crippen LogP contribution in [0, 0.1) is 44.3 Å². The Bertz CT molecular complexity index is 1060. The summed E-state index contributed by atoms with van der Waals surface area (Å²) in [6.07, 6.45) is 14.2. The quantitative estimate of drug-likeness (QED) is 0.355. The van der Waals surface area contributed by atoms with Gasteiger partial charge in [0.05, 0.1) is 12.5 Å². The summed E-state index contributed by atoms with van der Waals surface area (Å²) in [4.78, 5) is 25.3. The van der Waals surface area contributed by atoms with Crippen LogP contribution in [0.1, 0.15) is 113 Å². The molecular formula is C33H50O4. The molecule has 4 fully saturated rings. The van der Waals surface area contributed by atoms with Crippen molar-refractivity contribution in [3.63, 3.8) is 0 Å². The van der Waals surface area contributed by atoms with Crippen molar-refractivity contribution in [2.24, 2.45) is 44.3 Å². The van der Waals surface area contributed by atoms with E-state index in [1.165, 1.54) is 5.57 Å². The summed E-state index contributed by atoms with van der Waals surface area (Å²) in [7, 11) is 1.58. The minimum absolute atomic E-state index is 0.0112. The van der Waals surface area contributed by atoms with Gasteiger partial charge in [0.25, 0.3) is 0 Å². The van der Waals surface area contributed by atoms with Crippen LogP contribution >= 0.6 is 0 Å². The molecule has 4 nitrogen and oxygen atoms in total. The predicted molar refractivity (Wildman–Crippen MR) is 147 cm³/mol. The van der Waals surface area contributed by atoms with E-state index in [4.69, 9.17) is 9.47 Å². The van der Waals surface area contributed by atoms with E-state index in [1.54, 1.807) is 19.6 Å². The normalized spacial score (nSPS) is 45.6. The van der Waals surface area contributed by atoms with Gasteiger partial charge in [-0.05, 0) is 91.3 Å². The Labute approximate surface area is 225 Å². The predicted octanol–water partition coefficient (Wildman–Crippen LogP) is 7.81. The van der Waals surface area contributed by atoms with Gasteiger partial charge in [-0.1, -0.05) is 71.8 Å². The third-order valence-corrected chi connectivity index (χ3v) is 12.9. The minimum atomic E-state index is -0.373.